The summed E-state index contributed by atoms with van der Waals surface area (Å²) in [6.45, 7) is 3.84. The third-order valence-electron chi connectivity index (χ3n) is 3.71. The van der Waals surface area contributed by atoms with Gasteiger partial charge in [0.1, 0.15) is 23.1 Å². The molecule has 0 fully saturated rings. The van der Waals surface area contributed by atoms with E-state index in [0.29, 0.717) is 22.7 Å². The van der Waals surface area contributed by atoms with E-state index in [9.17, 15) is 10.1 Å². The molecule has 0 aromatic heterocycles. The summed E-state index contributed by atoms with van der Waals surface area (Å²) in [7, 11) is 3.11. The maximum Gasteiger partial charge on any atom is 0.266 e. The average Bonchev–Trinajstić information content (AvgIpc) is 2.61. The van der Waals surface area contributed by atoms with Gasteiger partial charge < -0.3 is 14.8 Å². The van der Waals surface area contributed by atoms with E-state index in [1.54, 1.807) is 25.3 Å². The Kier molecular flexibility index (Phi) is 5.80. The van der Waals surface area contributed by atoms with Crippen molar-refractivity contribution in [2.24, 2.45) is 0 Å². The van der Waals surface area contributed by atoms with Crippen LogP contribution in [0.2, 0.25) is 0 Å². The molecule has 0 aliphatic rings. The summed E-state index contributed by atoms with van der Waals surface area (Å²) in [6, 6.07) is 12.9. The van der Waals surface area contributed by atoms with Gasteiger partial charge in [-0.05, 0) is 54.8 Å². The minimum atomic E-state index is -0.494. The van der Waals surface area contributed by atoms with Crippen LogP contribution in [0.5, 0.6) is 11.5 Å². The number of anilines is 1. The van der Waals surface area contributed by atoms with Crippen LogP contribution in [0.3, 0.4) is 0 Å². The maximum atomic E-state index is 12.5. The van der Waals surface area contributed by atoms with Gasteiger partial charge in [-0.25, -0.2) is 0 Å². The standard InChI is InChI=1S/C20H20N2O3/c1-13-5-8-18(24-3)17(9-13)22-20(23)16(12-21)10-15-7-6-14(2)19(11-15)25-4/h5-11H,1-4H3,(H,22,23)/b16-10+. The molecule has 0 spiro atoms. The van der Waals surface area contributed by atoms with Gasteiger partial charge in [0.05, 0.1) is 19.9 Å². The molecule has 2 aromatic carbocycles. The van der Waals surface area contributed by atoms with Crippen LogP contribution in [0, 0.1) is 25.2 Å². The number of benzene rings is 2. The van der Waals surface area contributed by atoms with Crippen molar-refractivity contribution in [3.63, 3.8) is 0 Å². The number of carbonyl (C=O) groups excluding carboxylic acids is 1. The highest BCUT2D eigenvalue weighted by Crippen LogP contribution is 2.26. The third-order valence-corrected chi connectivity index (χ3v) is 3.71. The fraction of sp³-hybridized carbons (Fsp3) is 0.200. The number of nitrogens with one attached hydrogen (secondary N) is 1. The van der Waals surface area contributed by atoms with E-state index < -0.39 is 5.91 Å². The Morgan fingerprint density at radius 2 is 1.80 bits per heavy atom. The number of methoxy groups -OCH3 is 2. The second-order valence-electron chi connectivity index (χ2n) is 5.56. The molecule has 1 amide bonds. The van der Waals surface area contributed by atoms with E-state index in [-0.39, 0.29) is 5.57 Å². The summed E-state index contributed by atoms with van der Waals surface area (Å²) >= 11 is 0. The molecular weight excluding hydrogens is 316 g/mol. The fourth-order valence-corrected chi connectivity index (χ4v) is 2.35. The van der Waals surface area contributed by atoms with Gasteiger partial charge in [0.25, 0.3) is 5.91 Å². The smallest absolute Gasteiger partial charge is 0.266 e. The molecule has 0 saturated heterocycles. The number of hydrogen-bond donors (Lipinski definition) is 1. The van der Waals surface area contributed by atoms with Crippen LogP contribution >= 0.6 is 0 Å². The summed E-state index contributed by atoms with van der Waals surface area (Å²) in [5.41, 5.74) is 3.18. The fourth-order valence-electron chi connectivity index (χ4n) is 2.35. The van der Waals surface area contributed by atoms with E-state index in [2.05, 4.69) is 5.32 Å². The first kappa shape index (κ1) is 18.1. The molecule has 25 heavy (non-hydrogen) atoms. The molecular formula is C20H20N2O3. The predicted octanol–water partition coefficient (Wildman–Crippen LogP) is 3.87. The molecule has 128 valence electrons. The lowest BCUT2D eigenvalue weighted by molar-refractivity contribution is -0.112. The topological polar surface area (TPSA) is 71.3 Å². The van der Waals surface area contributed by atoms with Gasteiger partial charge >= 0.3 is 0 Å². The lowest BCUT2D eigenvalue weighted by Gasteiger charge is -2.11. The van der Waals surface area contributed by atoms with E-state index in [0.717, 1.165) is 11.1 Å². The number of aryl methyl sites for hydroxylation is 2. The molecule has 2 aromatic rings. The van der Waals surface area contributed by atoms with E-state index in [1.807, 2.05) is 38.1 Å². The number of ether oxygens (including phenoxy) is 2. The van der Waals surface area contributed by atoms with Crippen molar-refractivity contribution in [3.05, 3.63) is 58.7 Å². The largest absolute Gasteiger partial charge is 0.496 e. The molecule has 0 saturated carbocycles. The SMILES string of the molecule is COc1cc(/C=C(\C#N)C(=O)Nc2cc(C)ccc2OC)ccc1C. The summed E-state index contributed by atoms with van der Waals surface area (Å²) in [4.78, 5) is 12.5. The first-order valence-corrected chi connectivity index (χ1v) is 7.71. The number of rotatable bonds is 5. The van der Waals surface area contributed by atoms with E-state index in [1.165, 1.54) is 13.2 Å². The molecule has 5 nitrogen and oxygen atoms in total. The average molecular weight is 336 g/mol. The molecule has 0 heterocycles. The van der Waals surface area contributed by atoms with Crippen LogP contribution in [0.25, 0.3) is 6.08 Å². The predicted molar refractivity (Wildman–Crippen MR) is 97.7 cm³/mol. The Balaban J connectivity index is 2.30. The number of nitrogens with zero attached hydrogens (tertiary/aromatic N) is 1. The Hall–Kier alpha value is -3.26. The molecule has 2 rings (SSSR count). The zero-order valence-corrected chi connectivity index (χ0v) is 14.7. The van der Waals surface area contributed by atoms with E-state index >= 15 is 0 Å². The lowest BCUT2D eigenvalue weighted by Crippen LogP contribution is -2.14. The Morgan fingerprint density at radius 1 is 1.08 bits per heavy atom. The van der Waals surface area contributed by atoms with E-state index in [4.69, 9.17) is 9.47 Å². The van der Waals surface area contributed by atoms with Crippen LogP contribution in [0.1, 0.15) is 16.7 Å². The summed E-state index contributed by atoms with van der Waals surface area (Å²) in [5, 5.41) is 12.1. The van der Waals surface area contributed by atoms with Crippen molar-refractivity contribution < 1.29 is 14.3 Å². The number of amides is 1. The van der Waals surface area contributed by atoms with Crippen molar-refractivity contribution in [2.45, 2.75) is 13.8 Å². The zero-order valence-electron chi connectivity index (χ0n) is 14.7. The molecule has 0 aliphatic carbocycles. The first-order chi connectivity index (χ1) is 12.0. The van der Waals surface area contributed by atoms with Crippen molar-refractivity contribution >= 4 is 17.7 Å². The number of hydrogen-bond acceptors (Lipinski definition) is 4. The molecule has 0 aliphatic heterocycles. The van der Waals surface area contributed by atoms with Crippen LogP contribution < -0.4 is 14.8 Å². The van der Waals surface area contributed by atoms with Gasteiger partial charge in [-0.2, -0.15) is 5.26 Å². The highest BCUT2D eigenvalue weighted by molar-refractivity contribution is 6.10. The third kappa shape index (κ3) is 4.39. The van der Waals surface area contributed by atoms with Gasteiger partial charge in [-0.1, -0.05) is 18.2 Å². The number of nitriles is 1. The van der Waals surface area contributed by atoms with Gasteiger partial charge in [-0.15, -0.1) is 0 Å². The van der Waals surface area contributed by atoms with Crippen LogP contribution in [-0.4, -0.2) is 20.1 Å². The highest BCUT2D eigenvalue weighted by Gasteiger charge is 2.13. The second kappa shape index (κ2) is 8.02. The Bertz CT molecular complexity index is 864. The van der Waals surface area contributed by atoms with Gasteiger partial charge in [0.15, 0.2) is 0 Å². The minimum Gasteiger partial charge on any atom is -0.496 e. The Morgan fingerprint density at radius 3 is 2.44 bits per heavy atom. The Labute approximate surface area is 147 Å². The van der Waals surface area contributed by atoms with Crippen molar-refractivity contribution in [1.82, 2.24) is 0 Å². The monoisotopic (exact) mass is 336 g/mol. The summed E-state index contributed by atoms with van der Waals surface area (Å²) < 4.78 is 10.5. The van der Waals surface area contributed by atoms with Crippen molar-refractivity contribution in [1.29, 1.82) is 5.26 Å². The van der Waals surface area contributed by atoms with Gasteiger partial charge in [0, 0.05) is 0 Å². The van der Waals surface area contributed by atoms with Crippen molar-refractivity contribution in [2.75, 3.05) is 19.5 Å². The quantitative estimate of drug-likeness (QED) is 0.665. The number of carbonyl (C=O) groups is 1. The first-order valence-electron chi connectivity index (χ1n) is 7.71. The zero-order chi connectivity index (χ0) is 18.4. The lowest BCUT2D eigenvalue weighted by atomic mass is 10.1. The van der Waals surface area contributed by atoms with Gasteiger partial charge in [-0.3, -0.25) is 4.79 Å². The maximum absolute atomic E-state index is 12.5. The van der Waals surface area contributed by atoms with Crippen LogP contribution in [-0.2, 0) is 4.79 Å². The molecule has 0 atom stereocenters. The highest BCUT2D eigenvalue weighted by atomic mass is 16.5. The minimum absolute atomic E-state index is 0.00512. The normalized spacial score (nSPS) is 10.8. The molecule has 0 bridgehead atoms. The van der Waals surface area contributed by atoms with Gasteiger partial charge in [0.2, 0.25) is 0 Å². The summed E-state index contributed by atoms with van der Waals surface area (Å²) in [5.74, 6) is 0.742. The summed E-state index contributed by atoms with van der Waals surface area (Å²) in [6.07, 6.45) is 1.53. The molecule has 5 heteroatoms. The van der Waals surface area contributed by atoms with Crippen LogP contribution in [0.15, 0.2) is 42.0 Å². The second-order valence-corrected chi connectivity index (χ2v) is 5.56. The van der Waals surface area contributed by atoms with Crippen LogP contribution in [0.4, 0.5) is 5.69 Å². The molecule has 0 radical (unpaired) electrons. The van der Waals surface area contributed by atoms with Crippen molar-refractivity contribution in [3.8, 4) is 17.6 Å². The molecule has 0 unspecified atom stereocenters. The molecule has 1 N–H and O–H groups in total.